The van der Waals surface area contributed by atoms with Gasteiger partial charge in [0.15, 0.2) is 5.60 Å². The van der Waals surface area contributed by atoms with Crippen molar-refractivity contribution in [3.63, 3.8) is 0 Å². The second-order valence-electron chi connectivity index (χ2n) is 6.44. The average molecular weight is 304 g/mol. The quantitative estimate of drug-likeness (QED) is 0.703. The van der Waals surface area contributed by atoms with Crippen LogP contribution in [0.15, 0.2) is 18.2 Å². The van der Waals surface area contributed by atoms with Crippen LogP contribution < -0.4 is 15.4 Å². The summed E-state index contributed by atoms with van der Waals surface area (Å²) in [5.74, 6) is 0.263. The van der Waals surface area contributed by atoms with E-state index in [1.54, 1.807) is 18.2 Å². The highest BCUT2D eigenvalue weighted by Gasteiger charge is 2.46. The van der Waals surface area contributed by atoms with Crippen molar-refractivity contribution in [1.29, 1.82) is 0 Å². The topological polar surface area (TPSA) is 87.7 Å². The Bertz CT molecular complexity index is 636. The van der Waals surface area contributed by atoms with Gasteiger partial charge in [-0.1, -0.05) is 0 Å². The van der Waals surface area contributed by atoms with Gasteiger partial charge in [0, 0.05) is 24.9 Å². The predicted octanol–water partition coefficient (Wildman–Crippen LogP) is 0.728. The van der Waals surface area contributed by atoms with E-state index < -0.39 is 11.3 Å². The standard InChI is InChI=1S/C16H20N2O4/c1-15(2,21)18-13(19)11-3-4-12-10(9-11)5-6-16(22-12)7-8-17-14(16)20/h3-4,9,21H,5-8H2,1-2H3,(H,17,20)(H,18,19). The molecule has 0 aliphatic carbocycles. The van der Waals surface area contributed by atoms with Gasteiger partial charge < -0.3 is 20.5 Å². The first-order valence-corrected chi connectivity index (χ1v) is 7.44. The third-order valence-corrected chi connectivity index (χ3v) is 4.07. The Morgan fingerprint density at radius 2 is 2.18 bits per heavy atom. The number of aryl methyl sites for hydroxylation is 1. The van der Waals surface area contributed by atoms with Gasteiger partial charge in [-0.25, -0.2) is 0 Å². The van der Waals surface area contributed by atoms with Gasteiger partial charge in [0.1, 0.15) is 11.5 Å². The summed E-state index contributed by atoms with van der Waals surface area (Å²) < 4.78 is 5.94. The number of nitrogens with one attached hydrogen (secondary N) is 2. The number of benzene rings is 1. The van der Waals surface area contributed by atoms with Gasteiger partial charge in [-0.05, 0) is 44.0 Å². The minimum absolute atomic E-state index is 0.0537. The van der Waals surface area contributed by atoms with E-state index >= 15 is 0 Å². The van der Waals surface area contributed by atoms with E-state index in [0.717, 1.165) is 5.56 Å². The lowest BCUT2D eigenvalue weighted by Gasteiger charge is -2.33. The Hall–Kier alpha value is -2.08. The zero-order chi connectivity index (χ0) is 16.0. The van der Waals surface area contributed by atoms with Crippen molar-refractivity contribution in [3.05, 3.63) is 29.3 Å². The molecule has 2 aliphatic rings. The number of carbonyl (C=O) groups excluding carboxylic acids is 2. The van der Waals surface area contributed by atoms with Crippen LogP contribution in [-0.2, 0) is 11.2 Å². The summed E-state index contributed by atoms with van der Waals surface area (Å²) in [7, 11) is 0. The van der Waals surface area contributed by atoms with Crippen LogP contribution in [0.2, 0.25) is 0 Å². The Morgan fingerprint density at radius 1 is 1.41 bits per heavy atom. The smallest absolute Gasteiger partial charge is 0.264 e. The minimum atomic E-state index is -1.27. The van der Waals surface area contributed by atoms with Crippen molar-refractivity contribution < 1.29 is 19.4 Å². The van der Waals surface area contributed by atoms with Crippen LogP contribution in [-0.4, -0.2) is 34.8 Å². The zero-order valence-electron chi connectivity index (χ0n) is 12.7. The van der Waals surface area contributed by atoms with Gasteiger partial charge in [0.25, 0.3) is 11.8 Å². The summed E-state index contributed by atoms with van der Waals surface area (Å²) in [6, 6.07) is 5.13. The average Bonchev–Trinajstić information content (AvgIpc) is 2.77. The van der Waals surface area contributed by atoms with Gasteiger partial charge in [-0.15, -0.1) is 0 Å². The fraction of sp³-hybridized carbons (Fsp3) is 0.500. The number of amides is 2. The maximum Gasteiger partial charge on any atom is 0.264 e. The first-order valence-electron chi connectivity index (χ1n) is 7.44. The molecule has 1 saturated heterocycles. The van der Waals surface area contributed by atoms with Crippen molar-refractivity contribution in [1.82, 2.24) is 10.6 Å². The molecule has 3 rings (SSSR count). The molecule has 1 spiro atoms. The first-order chi connectivity index (χ1) is 10.3. The van der Waals surface area contributed by atoms with Crippen LogP contribution in [0.25, 0.3) is 0 Å². The van der Waals surface area contributed by atoms with Crippen LogP contribution >= 0.6 is 0 Å². The number of carbonyl (C=O) groups is 2. The van der Waals surface area contributed by atoms with E-state index in [1.807, 2.05) is 0 Å². The van der Waals surface area contributed by atoms with Crippen LogP contribution in [0.5, 0.6) is 5.75 Å². The lowest BCUT2D eigenvalue weighted by molar-refractivity contribution is -0.133. The highest BCUT2D eigenvalue weighted by molar-refractivity contribution is 5.95. The van der Waals surface area contributed by atoms with Gasteiger partial charge in [0.05, 0.1) is 0 Å². The molecule has 0 aromatic heterocycles. The molecule has 1 atom stereocenters. The first kappa shape index (κ1) is 14.8. The van der Waals surface area contributed by atoms with Crippen LogP contribution in [0.3, 0.4) is 0 Å². The van der Waals surface area contributed by atoms with Crippen LogP contribution in [0.1, 0.15) is 42.6 Å². The van der Waals surface area contributed by atoms with E-state index in [9.17, 15) is 14.7 Å². The van der Waals surface area contributed by atoms with Gasteiger partial charge >= 0.3 is 0 Å². The summed E-state index contributed by atoms with van der Waals surface area (Å²) in [6.07, 6.45) is 1.97. The summed E-state index contributed by atoms with van der Waals surface area (Å²) >= 11 is 0. The molecular weight excluding hydrogens is 284 g/mol. The Kier molecular flexibility index (Phi) is 3.36. The maximum atomic E-state index is 12.1. The number of ether oxygens (including phenoxy) is 1. The molecule has 6 heteroatoms. The van der Waals surface area contributed by atoms with Crippen molar-refractivity contribution in [2.75, 3.05) is 6.54 Å². The van der Waals surface area contributed by atoms with Crippen molar-refractivity contribution in [2.45, 2.75) is 44.4 Å². The fourth-order valence-corrected chi connectivity index (χ4v) is 2.95. The molecule has 1 unspecified atom stereocenters. The molecule has 22 heavy (non-hydrogen) atoms. The molecule has 2 heterocycles. The zero-order valence-corrected chi connectivity index (χ0v) is 12.7. The molecule has 2 aliphatic heterocycles. The van der Waals surface area contributed by atoms with Crippen molar-refractivity contribution in [2.24, 2.45) is 0 Å². The third-order valence-electron chi connectivity index (χ3n) is 4.07. The molecular formula is C16H20N2O4. The van der Waals surface area contributed by atoms with E-state index in [0.29, 0.717) is 37.1 Å². The predicted molar refractivity (Wildman–Crippen MR) is 79.5 cm³/mol. The van der Waals surface area contributed by atoms with Gasteiger partial charge in [0.2, 0.25) is 0 Å². The number of fused-ring (bicyclic) bond motifs is 1. The largest absolute Gasteiger partial charge is 0.477 e. The fourth-order valence-electron chi connectivity index (χ4n) is 2.95. The van der Waals surface area contributed by atoms with Crippen molar-refractivity contribution in [3.8, 4) is 5.75 Å². The lowest BCUT2D eigenvalue weighted by Crippen LogP contribution is -2.46. The van der Waals surface area contributed by atoms with E-state index in [1.165, 1.54) is 13.8 Å². The molecule has 1 aromatic carbocycles. The Labute approximate surface area is 128 Å². The Balaban J connectivity index is 1.82. The summed E-state index contributed by atoms with van der Waals surface area (Å²) in [5.41, 5.74) is -0.635. The second-order valence-corrected chi connectivity index (χ2v) is 6.44. The molecule has 0 bridgehead atoms. The summed E-state index contributed by atoms with van der Waals surface area (Å²) in [6.45, 7) is 3.66. The third kappa shape index (κ3) is 2.66. The molecule has 2 amide bonds. The molecule has 6 nitrogen and oxygen atoms in total. The van der Waals surface area contributed by atoms with Gasteiger partial charge in [-0.2, -0.15) is 0 Å². The molecule has 0 saturated carbocycles. The molecule has 3 N–H and O–H groups in total. The lowest BCUT2D eigenvalue weighted by atomic mass is 9.89. The van der Waals surface area contributed by atoms with E-state index in [2.05, 4.69) is 10.6 Å². The molecule has 1 aromatic rings. The molecule has 1 fully saturated rings. The number of rotatable bonds is 2. The molecule has 0 radical (unpaired) electrons. The van der Waals surface area contributed by atoms with Gasteiger partial charge in [-0.3, -0.25) is 9.59 Å². The highest BCUT2D eigenvalue weighted by Crippen LogP contribution is 2.37. The highest BCUT2D eigenvalue weighted by atomic mass is 16.5. The van der Waals surface area contributed by atoms with E-state index in [4.69, 9.17) is 4.74 Å². The number of hydrogen-bond donors (Lipinski definition) is 3. The van der Waals surface area contributed by atoms with Crippen LogP contribution in [0.4, 0.5) is 0 Å². The number of aliphatic hydroxyl groups is 1. The second kappa shape index (κ2) is 4.98. The number of hydrogen-bond acceptors (Lipinski definition) is 4. The van der Waals surface area contributed by atoms with Crippen LogP contribution in [0, 0.1) is 0 Å². The minimum Gasteiger partial charge on any atom is -0.477 e. The normalized spacial score (nSPS) is 23.7. The summed E-state index contributed by atoms with van der Waals surface area (Å²) in [4.78, 5) is 24.0. The Morgan fingerprint density at radius 3 is 2.82 bits per heavy atom. The summed E-state index contributed by atoms with van der Waals surface area (Å²) in [5, 5.41) is 15.0. The maximum absolute atomic E-state index is 12.1. The molecule has 118 valence electrons. The van der Waals surface area contributed by atoms with E-state index in [-0.39, 0.29) is 11.8 Å². The SMILES string of the molecule is CC(C)(O)NC(=O)c1ccc2c(c1)CCC1(CCNC1=O)O2. The monoisotopic (exact) mass is 304 g/mol. The van der Waals surface area contributed by atoms with Crippen molar-refractivity contribution >= 4 is 11.8 Å².